The largest absolute Gasteiger partial charge is 0.490 e. The Morgan fingerprint density at radius 2 is 1.86 bits per heavy atom. The van der Waals surface area contributed by atoms with Crippen molar-refractivity contribution in [3.63, 3.8) is 0 Å². The van der Waals surface area contributed by atoms with Gasteiger partial charge in [-0.05, 0) is 82.6 Å². The second-order valence-electron chi connectivity index (χ2n) is 8.29. The van der Waals surface area contributed by atoms with Gasteiger partial charge in [0.05, 0.1) is 23.0 Å². The first kappa shape index (κ1) is 26.4. The molecule has 0 amide bonds. The molecule has 0 bridgehead atoms. The standard InChI is InChI=1S/C29H27IN4O3/c1-4-36-27-14-21(16-32-34-29-25(15-31)24(18-35-3)11-19(2)33-29)13-26(30)28(27)37-17-20-9-10-22-7-5-6-8-23(22)12-20/h5-14,16H,4,17-18H2,1-3H3,(H,33,34). The summed E-state index contributed by atoms with van der Waals surface area (Å²) >= 11 is 2.24. The number of methoxy groups -OCH3 is 1. The third kappa shape index (κ3) is 6.56. The minimum Gasteiger partial charge on any atom is -0.490 e. The minimum atomic E-state index is 0.321. The van der Waals surface area contributed by atoms with Gasteiger partial charge in [0, 0.05) is 18.4 Å². The fraction of sp³-hybridized carbons (Fsp3) is 0.207. The monoisotopic (exact) mass is 606 g/mol. The van der Waals surface area contributed by atoms with E-state index in [1.807, 2.05) is 44.2 Å². The molecule has 0 spiro atoms. The van der Waals surface area contributed by atoms with Crippen molar-refractivity contribution in [1.29, 1.82) is 5.26 Å². The first-order valence-corrected chi connectivity index (χ1v) is 12.9. The van der Waals surface area contributed by atoms with E-state index >= 15 is 0 Å². The van der Waals surface area contributed by atoms with Gasteiger partial charge in [0.25, 0.3) is 0 Å². The normalized spacial score (nSPS) is 11.0. The summed E-state index contributed by atoms with van der Waals surface area (Å²) in [6.07, 6.45) is 1.67. The topological polar surface area (TPSA) is 88.8 Å². The lowest BCUT2D eigenvalue weighted by Crippen LogP contribution is -2.04. The van der Waals surface area contributed by atoms with Gasteiger partial charge in [0.2, 0.25) is 0 Å². The Balaban J connectivity index is 1.53. The summed E-state index contributed by atoms with van der Waals surface area (Å²) in [7, 11) is 1.59. The molecule has 0 unspecified atom stereocenters. The first-order chi connectivity index (χ1) is 18.0. The number of aromatic nitrogens is 1. The number of aryl methyl sites for hydroxylation is 1. The maximum absolute atomic E-state index is 9.61. The maximum atomic E-state index is 9.61. The molecule has 1 heterocycles. The van der Waals surface area contributed by atoms with E-state index in [1.54, 1.807) is 13.3 Å². The Labute approximate surface area is 230 Å². The van der Waals surface area contributed by atoms with Crippen LogP contribution >= 0.6 is 22.6 Å². The van der Waals surface area contributed by atoms with Crippen molar-refractivity contribution in [2.75, 3.05) is 19.1 Å². The van der Waals surface area contributed by atoms with Crippen LogP contribution in [0.4, 0.5) is 5.82 Å². The lowest BCUT2D eigenvalue weighted by Gasteiger charge is -2.15. The second kappa shape index (κ2) is 12.5. The van der Waals surface area contributed by atoms with Gasteiger partial charge in [-0.2, -0.15) is 10.4 Å². The number of halogens is 1. The van der Waals surface area contributed by atoms with E-state index in [0.717, 1.165) is 26.0 Å². The molecule has 1 aromatic heterocycles. The predicted molar refractivity (Wildman–Crippen MR) is 154 cm³/mol. The van der Waals surface area contributed by atoms with Crippen LogP contribution in [0, 0.1) is 21.8 Å². The third-order valence-corrected chi connectivity index (χ3v) is 6.35. The van der Waals surface area contributed by atoms with Gasteiger partial charge >= 0.3 is 0 Å². The molecule has 1 N–H and O–H groups in total. The van der Waals surface area contributed by atoms with Crippen molar-refractivity contribution in [1.82, 2.24) is 4.98 Å². The number of rotatable bonds is 10. The summed E-state index contributed by atoms with van der Waals surface area (Å²) < 4.78 is 18.2. The van der Waals surface area contributed by atoms with Crippen molar-refractivity contribution in [3.8, 4) is 17.6 Å². The van der Waals surface area contributed by atoms with Crippen molar-refractivity contribution in [2.24, 2.45) is 5.10 Å². The number of hydrazone groups is 1. The molecule has 8 heteroatoms. The number of hydrogen-bond acceptors (Lipinski definition) is 7. The SMILES string of the molecule is CCOc1cc(C=NNc2nc(C)cc(COC)c2C#N)cc(I)c1OCc1ccc2ccccc2c1. The number of anilines is 1. The fourth-order valence-corrected chi connectivity index (χ4v) is 4.71. The van der Waals surface area contributed by atoms with Crippen molar-refractivity contribution < 1.29 is 14.2 Å². The van der Waals surface area contributed by atoms with E-state index in [1.165, 1.54) is 10.8 Å². The van der Waals surface area contributed by atoms with Crippen molar-refractivity contribution in [2.45, 2.75) is 27.1 Å². The Kier molecular flexibility index (Phi) is 8.93. The average molecular weight is 606 g/mol. The van der Waals surface area contributed by atoms with Gasteiger partial charge in [-0.3, -0.25) is 5.43 Å². The van der Waals surface area contributed by atoms with Crippen LogP contribution in [-0.4, -0.2) is 24.9 Å². The summed E-state index contributed by atoms with van der Waals surface area (Å²) in [6.45, 7) is 5.05. The summed E-state index contributed by atoms with van der Waals surface area (Å²) in [6, 6.07) is 22.5. The molecule has 0 saturated heterocycles. The van der Waals surface area contributed by atoms with Gasteiger partial charge in [0.15, 0.2) is 17.3 Å². The number of benzene rings is 3. The molecule has 188 valence electrons. The number of nitriles is 1. The highest BCUT2D eigenvalue weighted by Crippen LogP contribution is 2.35. The highest BCUT2D eigenvalue weighted by Gasteiger charge is 2.13. The van der Waals surface area contributed by atoms with Crippen LogP contribution in [-0.2, 0) is 18.0 Å². The molecular weight excluding hydrogens is 579 g/mol. The number of nitrogens with zero attached hydrogens (tertiary/aromatic N) is 3. The number of fused-ring (bicyclic) bond motifs is 1. The third-order valence-electron chi connectivity index (χ3n) is 5.55. The van der Waals surface area contributed by atoms with Crippen LogP contribution in [0.5, 0.6) is 11.5 Å². The van der Waals surface area contributed by atoms with Gasteiger partial charge < -0.3 is 14.2 Å². The van der Waals surface area contributed by atoms with Crippen LogP contribution < -0.4 is 14.9 Å². The van der Waals surface area contributed by atoms with E-state index in [2.05, 4.69) is 74.5 Å². The molecule has 0 saturated carbocycles. The molecular formula is C29H27IN4O3. The van der Waals surface area contributed by atoms with E-state index in [-0.39, 0.29) is 0 Å². The molecule has 0 radical (unpaired) electrons. The van der Waals surface area contributed by atoms with Gasteiger partial charge in [-0.15, -0.1) is 0 Å². The molecule has 0 aliphatic heterocycles. The lowest BCUT2D eigenvalue weighted by molar-refractivity contribution is 0.184. The van der Waals surface area contributed by atoms with Crippen LogP contribution in [0.2, 0.25) is 0 Å². The summed E-state index contributed by atoms with van der Waals surface area (Å²) in [5, 5.41) is 16.3. The molecule has 0 atom stereocenters. The van der Waals surface area contributed by atoms with Crippen LogP contribution in [0.15, 0.2) is 65.8 Å². The zero-order valence-electron chi connectivity index (χ0n) is 20.9. The zero-order valence-corrected chi connectivity index (χ0v) is 23.1. The molecule has 37 heavy (non-hydrogen) atoms. The molecule has 4 rings (SSSR count). The molecule has 0 aliphatic rings. The van der Waals surface area contributed by atoms with Crippen LogP contribution in [0.1, 0.15) is 34.9 Å². The molecule has 0 aliphatic carbocycles. The molecule has 0 fully saturated rings. The maximum Gasteiger partial charge on any atom is 0.175 e. The molecule has 3 aromatic carbocycles. The van der Waals surface area contributed by atoms with Gasteiger partial charge in [0.1, 0.15) is 18.2 Å². The minimum absolute atomic E-state index is 0.321. The number of ether oxygens (including phenoxy) is 3. The first-order valence-electron chi connectivity index (χ1n) is 11.8. The highest BCUT2D eigenvalue weighted by atomic mass is 127. The van der Waals surface area contributed by atoms with E-state index in [0.29, 0.717) is 42.7 Å². The van der Waals surface area contributed by atoms with E-state index in [9.17, 15) is 5.26 Å². The Bertz CT molecular complexity index is 1480. The Morgan fingerprint density at radius 1 is 1.05 bits per heavy atom. The highest BCUT2D eigenvalue weighted by molar-refractivity contribution is 14.1. The van der Waals surface area contributed by atoms with Crippen molar-refractivity contribution >= 4 is 45.4 Å². The predicted octanol–water partition coefficient (Wildman–Crippen LogP) is 6.59. The zero-order chi connectivity index (χ0) is 26.2. The summed E-state index contributed by atoms with van der Waals surface area (Å²) in [5.74, 6) is 1.73. The Morgan fingerprint density at radius 3 is 2.62 bits per heavy atom. The molecule has 7 nitrogen and oxygen atoms in total. The summed E-state index contributed by atoms with van der Waals surface area (Å²) in [5.41, 5.74) is 6.75. The fourth-order valence-electron chi connectivity index (χ4n) is 3.93. The lowest BCUT2D eigenvalue weighted by atomic mass is 10.1. The van der Waals surface area contributed by atoms with Gasteiger partial charge in [-0.1, -0.05) is 36.4 Å². The number of nitrogens with one attached hydrogen (secondary N) is 1. The average Bonchev–Trinajstić information content (AvgIpc) is 2.88. The second-order valence-corrected chi connectivity index (χ2v) is 9.46. The Hall–Kier alpha value is -3.68. The molecule has 4 aromatic rings. The van der Waals surface area contributed by atoms with E-state index < -0.39 is 0 Å². The quantitative estimate of drug-likeness (QED) is 0.125. The van der Waals surface area contributed by atoms with Crippen molar-refractivity contribution in [3.05, 3.63) is 92.2 Å². The van der Waals surface area contributed by atoms with Gasteiger partial charge in [-0.25, -0.2) is 4.98 Å². The van der Waals surface area contributed by atoms with E-state index in [4.69, 9.17) is 14.2 Å². The number of hydrogen-bond donors (Lipinski definition) is 1. The van der Waals surface area contributed by atoms with Crippen LogP contribution in [0.25, 0.3) is 10.8 Å². The summed E-state index contributed by atoms with van der Waals surface area (Å²) in [4.78, 5) is 4.42. The van der Waals surface area contributed by atoms with Crippen LogP contribution in [0.3, 0.4) is 0 Å². The number of pyridine rings is 1. The smallest absolute Gasteiger partial charge is 0.175 e.